The highest BCUT2D eigenvalue weighted by Gasteiger charge is 2.40. The third kappa shape index (κ3) is 3.90. The van der Waals surface area contributed by atoms with Gasteiger partial charge >= 0.3 is 12.3 Å². The largest absolute Gasteiger partial charge is 0.369 e. The molecule has 0 bridgehead atoms. The average Bonchev–Trinajstić information content (AvgIpc) is 2.20. The zero-order valence-electron chi connectivity index (χ0n) is 7.84. The molecule has 1 aromatic rings. The normalized spacial score (nSPS) is 12.1. The molecule has 0 aliphatic carbocycles. The number of hydrogen-bond acceptors (Lipinski definition) is 3. The third-order valence-corrected chi connectivity index (χ3v) is 1.75. The molecular weight excluding hydrogens is 252 g/mol. The molecule has 8 heteroatoms. The Balaban J connectivity index is 2.39. The van der Waals surface area contributed by atoms with Gasteiger partial charge < -0.3 is 4.74 Å². The van der Waals surface area contributed by atoms with Gasteiger partial charge in [0, 0.05) is 0 Å². The van der Waals surface area contributed by atoms with E-state index in [1.54, 1.807) is 0 Å². The van der Waals surface area contributed by atoms with Crippen LogP contribution in [-0.4, -0.2) is 29.2 Å². The molecule has 0 amide bonds. The first-order chi connectivity index (χ1) is 7.42. The number of aromatic nitrogens is 2. The van der Waals surface area contributed by atoms with Gasteiger partial charge in [-0.25, -0.2) is 8.78 Å². The minimum atomic E-state index is -4.15. The maximum absolute atomic E-state index is 12.4. The van der Waals surface area contributed by atoms with Crippen LogP contribution in [0.2, 0.25) is 5.15 Å². The summed E-state index contributed by atoms with van der Waals surface area (Å²) < 4.78 is 52.6. The molecule has 0 N–H and O–H groups in total. The molecule has 1 heterocycles. The fourth-order valence-electron chi connectivity index (χ4n) is 0.775. The number of ether oxygens (including phenoxy) is 1. The second-order valence-corrected chi connectivity index (χ2v) is 3.29. The van der Waals surface area contributed by atoms with Gasteiger partial charge in [0.2, 0.25) is 0 Å². The van der Waals surface area contributed by atoms with Crippen LogP contribution in [0.5, 0.6) is 0 Å². The van der Waals surface area contributed by atoms with Gasteiger partial charge in [-0.2, -0.15) is 13.9 Å². The zero-order valence-corrected chi connectivity index (χ0v) is 8.59. The highest BCUT2D eigenvalue weighted by molar-refractivity contribution is 6.29. The van der Waals surface area contributed by atoms with E-state index in [2.05, 4.69) is 14.9 Å². The van der Waals surface area contributed by atoms with Gasteiger partial charge in [0.25, 0.3) is 0 Å². The molecular formula is C8H7ClF4N2O. The maximum atomic E-state index is 12.4. The third-order valence-electron chi connectivity index (χ3n) is 1.55. The molecule has 1 aromatic heterocycles. The lowest BCUT2D eigenvalue weighted by atomic mass is 10.4. The lowest BCUT2D eigenvalue weighted by Gasteiger charge is -2.14. The fourth-order valence-corrected chi connectivity index (χ4v) is 0.876. The molecule has 0 aliphatic rings. The number of halogens is 5. The van der Waals surface area contributed by atoms with Crippen LogP contribution in [0.3, 0.4) is 0 Å². The standard InChI is InChI=1S/C8H7ClF4N2O/c9-6-2-1-5(14-15-6)3-16-4-8(12,13)7(10)11/h1-2,7H,3-4H2. The van der Waals surface area contributed by atoms with Crippen molar-refractivity contribution in [2.75, 3.05) is 6.61 Å². The number of nitrogens with zero attached hydrogens (tertiary/aromatic N) is 2. The minimum absolute atomic E-state index is 0.140. The Kier molecular flexibility index (Phi) is 4.43. The van der Waals surface area contributed by atoms with Crippen LogP contribution in [0.25, 0.3) is 0 Å². The van der Waals surface area contributed by atoms with Crippen LogP contribution in [0.15, 0.2) is 12.1 Å². The summed E-state index contributed by atoms with van der Waals surface area (Å²) >= 11 is 5.43. The van der Waals surface area contributed by atoms with E-state index in [0.717, 1.165) is 0 Å². The van der Waals surface area contributed by atoms with Crippen LogP contribution in [0, 0.1) is 0 Å². The molecule has 16 heavy (non-hydrogen) atoms. The van der Waals surface area contributed by atoms with Crippen molar-refractivity contribution in [3.8, 4) is 0 Å². The first-order valence-corrected chi connectivity index (χ1v) is 4.51. The maximum Gasteiger partial charge on any atom is 0.330 e. The van der Waals surface area contributed by atoms with E-state index in [1.807, 2.05) is 0 Å². The van der Waals surface area contributed by atoms with E-state index in [4.69, 9.17) is 11.6 Å². The smallest absolute Gasteiger partial charge is 0.330 e. The molecule has 3 nitrogen and oxygen atoms in total. The average molecular weight is 259 g/mol. The molecule has 0 radical (unpaired) electrons. The molecule has 90 valence electrons. The van der Waals surface area contributed by atoms with Gasteiger partial charge in [0.15, 0.2) is 5.15 Å². The second-order valence-electron chi connectivity index (χ2n) is 2.90. The number of alkyl halides is 4. The molecule has 0 fully saturated rings. The van der Waals surface area contributed by atoms with E-state index in [9.17, 15) is 17.6 Å². The van der Waals surface area contributed by atoms with Crippen molar-refractivity contribution in [2.45, 2.75) is 19.0 Å². The van der Waals surface area contributed by atoms with Gasteiger partial charge in [-0.3, -0.25) is 0 Å². The SMILES string of the molecule is FC(F)C(F)(F)COCc1ccc(Cl)nn1. The first-order valence-electron chi connectivity index (χ1n) is 4.13. The molecule has 0 saturated heterocycles. The number of rotatable bonds is 5. The summed E-state index contributed by atoms with van der Waals surface area (Å²) in [6, 6.07) is 2.79. The van der Waals surface area contributed by atoms with E-state index < -0.39 is 19.0 Å². The molecule has 1 rings (SSSR count). The molecule has 0 atom stereocenters. The first kappa shape index (κ1) is 13.1. The molecule has 0 aliphatic heterocycles. The van der Waals surface area contributed by atoms with Gasteiger partial charge in [0.1, 0.15) is 6.61 Å². The van der Waals surface area contributed by atoms with Crippen LogP contribution in [0.1, 0.15) is 5.69 Å². The summed E-state index contributed by atoms with van der Waals surface area (Å²) in [6.07, 6.45) is -3.75. The summed E-state index contributed by atoms with van der Waals surface area (Å²) in [5.74, 6) is -4.15. The second kappa shape index (κ2) is 5.40. The molecule has 0 unspecified atom stereocenters. The predicted molar refractivity (Wildman–Crippen MR) is 47.6 cm³/mol. The van der Waals surface area contributed by atoms with Crippen molar-refractivity contribution < 1.29 is 22.3 Å². The van der Waals surface area contributed by atoms with Gasteiger partial charge in [-0.15, -0.1) is 5.10 Å². The van der Waals surface area contributed by atoms with E-state index in [-0.39, 0.29) is 17.5 Å². The van der Waals surface area contributed by atoms with E-state index >= 15 is 0 Å². The van der Waals surface area contributed by atoms with Crippen molar-refractivity contribution in [1.82, 2.24) is 10.2 Å². The summed E-state index contributed by atoms with van der Waals surface area (Å²) in [5, 5.41) is 7.07. The van der Waals surface area contributed by atoms with Crippen molar-refractivity contribution >= 4 is 11.6 Å². The van der Waals surface area contributed by atoms with Gasteiger partial charge in [0.05, 0.1) is 12.3 Å². The van der Waals surface area contributed by atoms with Crippen molar-refractivity contribution in [3.05, 3.63) is 23.0 Å². The molecule has 0 saturated carbocycles. The van der Waals surface area contributed by atoms with Crippen molar-refractivity contribution in [1.29, 1.82) is 0 Å². The summed E-state index contributed by atoms with van der Waals surface area (Å²) in [6.45, 7) is -1.69. The van der Waals surface area contributed by atoms with Crippen molar-refractivity contribution in [2.24, 2.45) is 0 Å². The highest BCUT2D eigenvalue weighted by Crippen LogP contribution is 2.23. The Bertz CT molecular complexity index is 333. The van der Waals surface area contributed by atoms with Crippen molar-refractivity contribution in [3.63, 3.8) is 0 Å². The summed E-state index contributed by atoms with van der Waals surface area (Å²) in [7, 11) is 0. The van der Waals surface area contributed by atoms with E-state index in [1.165, 1.54) is 12.1 Å². The lowest BCUT2D eigenvalue weighted by Crippen LogP contribution is -2.32. The Morgan fingerprint density at radius 1 is 1.31 bits per heavy atom. The van der Waals surface area contributed by atoms with E-state index in [0.29, 0.717) is 0 Å². The van der Waals surface area contributed by atoms with Gasteiger partial charge in [-0.1, -0.05) is 11.6 Å². The number of hydrogen-bond donors (Lipinski definition) is 0. The topological polar surface area (TPSA) is 35.0 Å². The van der Waals surface area contributed by atoms with Crippen LogP contribution in [-0.2, 0) is 11.3 Å². The minimum Gasteiger partial charge on any atom is -0.369 e. The molecule has 0 spiro atoms. The summed E-state index contributed by atoms with van der Waals surface area (Å²) in [4.78, 5) is 0. The Morgan fingerprint density at radius 3 is 2.50 bits per heavy atom. The highest BCUT2D eigenvalue weighted by atomic mass is 35.5. The Morgan fingerprint density at radius 2 is 2.00 bits per heavy atom. The Labute approximate surface area is 93.4 Å². The summed E-state index contributed by atoms with van der Waals surface area (Å²) in [5.41, 5.74) is 0.231. The Hall–Kier alpha value is -0.950. The fraction of sp³-hybridized carbons (Fsp3) is 0.500. The zero-order chi connectivity index (χ0) is 12.2. The predicted octanol–water partition coefficient (Wildman–Crippen LogP) is 2.55. The quantitative estimate of drug-likeness (QED) is 0.762. The molecule has 0 aromatic carbocycles. The van der Waals surface area contributed by atoms with Crippen LogP contribution in [0.4, 0.5) is 17.6 Å². The van der Waals surface area contributed by atoms with Crippen LogP contribution < -0.4 is 0 Å². The lowest BCUT2D eigenvalue weighted by molar-refractivity contribution is -0.168. The monoisotopic (exact) mass is 258 g/mol. The van der Waals surface area contributed by atoms with Gasteiger partial charge in [-0.05, 0) is 12.1 Å². The van der Waals surface area contributed by atoms with Crippen LogP contribution >= 0.6 is 11.6 Å².